The molecule has 0 radical (unpaired) electrons. The zero-order valence-corrected chi connectivity index (χ0v) is 12.9. The summed E-state index contributed by atoms with van der Waals surface area (Å²) >= 11 is 11.8. The first-order valence-electron chi connectivity index (χ1n) is 6.36. The molecular formula is C14H15Cl2N3O2. The number of halogens is 2. The van der Waals surface area contributed by atoms with Gasteiger partial charge >= 0.3 is 5.97 Å². The first kappa shape index (κ1) is 15.8. The third-order valence-corrected chi connectivity index (χ3v) is 3.93. The predicted octanol–water partition coefficient (Wildman–Crippen LogP) is 2.81. The van der Waals surface area contributed by atoms with Crippen LogP contribution in [0.15, 0.2) is 24.4 Å². The highest BCUT2D eigenvalue weighted by Crippen LogP contribution is 2.23. The van der Waals surface area contributed by atoms with Crippen LogP contribution in [0.1, 0.15) is 16.8 Å². The number of aromatic amines is 1. The quantitative estimate of drug-likeness (QED) is 0.762. The molecule has 0 bridgehead atoms. The van der Waals surface area contributed by atoms with Crippen molar-refractivity contribution in [1.29, 1.82) is 0 Å². The van der Waals surface area contributed by atoms with Crippen molar-refractivity contribution < 1.29 is 9.90 Å². The number of rotatable bonds is 6. The number of carbonyl (C=O) groups is 1. The van der Waals surface area contributed by atoms with E-state index in [1.165, 1.54) is 0 Å². The Morgan fingerprint density at radius 3 is 2.76 bits per heavy atom. The fourth-order valence-corrected chi connectivity index (χ4v) is 2.26. The van der Waals surface area contributed by atoms with E-state index in [-0.39, 0.29) is 0 Å². The van der Waals surface area contributed by atoms with E-state index in [4.69, 9.17) is 23.2 Å². The molecule has 3 N–H and O–H groups in total. The Morgan fingerprint density at radius 2 is 2.19 bits per heavy atom. The number of nitrogens with zero attached hydrogens (tertiary/aromatic N) is 1. The van der Waals surface area contributed by atoms with Crippen LogP contribution in [0.3, 0.4) is 0 Å². The Hall–Kier alpha value is -1.56. The van der Waals surface area contributed by atoms with Gasteiger partial charge in [-0.2, -0.15) is 5.10 Å². The maximum Gasteiger partial charge on any atom is 0.321 e. The second-order valence-electron chi connectivity index (χ2n) is 4.74. The van der Waals surface area contributed by atoms with E-state index in [1.54, 1.807) is 24.4 Å². The van der Waals surface area contributed by atoms with Crippen molar-refractivity contribution in [2.45, 2.75) is 25.9 Å². The Labute approximate surface area is 132 Å². The van der Waals surface area contributed by atoms with Gasteiger partial charge < -0.3 is 5.11 Å². The van der Waals surface area contributed by atoms with E-state index in [1.807, 2.05) is 6.92 Å². The summed E-state index contributed by atoms with van der Waals surface area (Å²) in [5, 5.41) is 19.9. The first-order valence-corrected chi connectivity index (χ1v) is 7.12. The van der Waals surface area contributed by atoms with Crippen molar-refractivity contribution >= 4 is 29.2 Å². The standard InChI is InChI=1S/C14H15Cl2N3O2/c1-8-10(7-18-19-8)6-17-13(14(20)21)5-9-2-3-11(15)12(16)4-9/h2-4,7,13,17H,5-6H2,1H3,(H,18,19)(H,20,21). The summed E-state index contributed by atoms with van der Waals surface area (Å²) in [4.78, 5) is 11.4. The number of hydrogen-bond acceptors (Lipinski definition) is 3. The maximum absolute atomic E-state index is 11.4. The molecule has 0 aliphatic rings. The molecule has 1 aromatic heterocycles. The number of H-pyrrole nitrogens is 1. The van der Waals surface area contributed by atoms with E-state index in [0.717, 1.165) is 16.8 Å². The molecule has 0 aliphatic heterocycles. The number of carboxylic acid groups (broad SMARTS) is 1. The molecule has 0 saturated heterocycles. The second kappa shape index (κ2) is 6.93. The van der Waals surface area contributed by atoms with Gasteiger partial charge in [0.1, 0.15) is 6.04 Å². The lowest BCUT2D eigenvalue weighted by Crippen LogP contribution is -2.38. The summed E-state index contributed by atoms with van der Waals surface area (Å²) in [7, 11) is 0. The van der Waals surface area contributed by atoms with Crippen LogP contribution < -0.4 is 5.32 Å². The van der Waals surface area contributed by atoms with Crippen LogP contribution in [0, 0.1) is 6.92 Å². The molecule has 1 aromatic carbocycles. The molecule has 0 saturated carbocycles. The van der Waals surface area contributed by atoms with E-state index < -0.39 is 12.0 Å². The SMILES string of the molecule is Cc1[nH]ncc1CNC(Cc1ccc(Cl)c(Cl)c1)C(=O)O. The van der Waals surface area contributed by atoms with Crippen LogP contribution in [0.2, 0.25) is 10.0 Å². The molecule has 0 amide bonds. The molecule has 7 heteroatoms. The number of carboxylic acids is 1. The molecular weight excluding hydrogens is 313 g/mol. The summed E-state index contributed by atoms with van der Waals surface area (Å²) in [6.45, 7) is 2.32. The van der Waals surface area contributed by atoms with Crippen LogP contribution >= 0.6 is 23.2 Å². The predicted molar refractivity (Wildman–Crippen MR) is 81.8 cm³/mol. The van der Waals surface area contributed by atoms with Gasteiger partial charge in [0.2, 0.25) is 0 Å². The van der Waals surface area contributed by atoms with Gasteiger partial charge in [0, 0.05) is 17.8 Å². The van der Waals surface area contributed by atoms with E-state index in [9.17, 15) is 9.90 Å². The molecule has 0 aliphatic carbocycles. The third kappa shape index (κ3) is 4.20. The van der Waals surface area contributed by atoms with Crippen molar-refractivity contribution in [3.05, 3.63) is 51.3 Å². The van der Waals surface area contributed by atoms with E-state index in [2.05, 4.69) is 15.5 Å². The average molecular weight is 328 g/mol. The molecule has 1 unspecified atom stereocenters. The van der Waals surface area contributed by atoms with Gasteiger partial charge in [-0.3, -0.25) is 15.2 Å². The summed E-state index contributed by atoms with van der Waals surface area (Å²) < 4.78 is 0. The summed E-state index contributed by atoms with van der Waals surface area (Å²) in [6, 6.07) is 4.41. The zero-order valence-electron chi connectivity index (χ0n) is 11.4. The van der Waals surface area contributed by atoms with Gasteiger partial charge in [0.15, 0.2) is 0 Å². The lowest BCUT2D eigenvalue weighted by Gasteiger charge is -2.14. The summed E-state index contributed by atoms with van der Waals surface area (Å²) in [5.41, 5.74) is 2.67. The molecule has 0 spiro atoms. The van der Waals surface area contributed by atoms with Gasteiger partial charge in [-0.25, -0.2) is 0 Å². The largest absolute Gasteiger partial charge is 0.480 e. The van der Waals surface area contributed by atoms with E-state index >= 15 is 0 Å². The lowest BCUT2D eigenvalue weighted by atomic mass is 10.1. The smallest absolute Gasteiger partial charge is 0.321 e. The molecule has 21 heavy (non-hydrogen) atoms. The number of nitrogens with one attached hydrogen (secondary N) is 2. The lowest BCUT2D eigenvalue weighted by molar-refractivity contribution is -0.139. The molecule has 0 fully saturated rings. The minimum Gasteiger partial charge on any atom is -0.480 e. The zero-order chi connectivity index (χ0) is 15.4. The number of benzene rings is 1. The van der Waals surface area contributed by atoms with Gasteiger partial charge in [-0.15, -0.1) is 0 Å². The first-order chi connectivity index (χ1) is 9.97. The number of hydrogen-bond donors (Lipinski definition) is 3. The molecule has 1 heterocycles. The highest BCUT2D eigenvalue weighted by atomic mass is 35.5. The molecule has 112 valence electrons. The highest BCUT2D eigenvalue weighted by Gasteiger charge is 2.18. The Balaban J connectivity index is 2.03. The van der Waals surface area contributed by atoms with Crippen LogP contribution in [-0.2, 0) is 17.8 Å². The van der Waals surface area contributed by atoms with Crippen LogP contribution in [0.25, 0.3) is 0 Å². The topological polar surface area (TPSA) is 78.0 Å². The van der Waals surface area contributed by atoms with Gasteiger partial charge in [0.25, 0.3) is 0 Å². The maximum atomic E-state index is 11.4. The van der Waals surface area contributed by atoms with Crippen molar-refractivity contribution in [3.8, 4) is 0 Å². The molecule has 1 atom stereocenters. The van der Waals surface area contributed by atoms with Crippen molar-refractivity contribution in [2.24, 2.45) is 0 Å². The molecule has 2 rings (SSSR count). The summed E-state index contributed by atoms with van der Waals surface area (Å²) in [6.07, 6.45) is 2.00. The third-order valence-electron chi connectivity index (χ3n) is 3.20. The van der Waals surface area contributed by atoms with Gasteiger partial charge in [-0.1, -0.05) is 29.3 Å². The minimum atomic E-state index is -0.915. The minimum absolute atomic E-state index is 0.323. The van der Waals surface area contributed by atoms with Crippen molar-refractivity contribution in [3.63, 3.8) is 0 Å². The molecule has 5 nitrogen and oxygen atoms in total. The van der Waals surface area contributed by atoms with Crippen molar-refractivity contribution in [1.82, 2.24) is 15.5 Å². The number of aryl methyl sites for hydroxylation is 1. The van der Waals surface area contributed by atoms with E-state index in [0.29, 0.717) is 23.0 Å². The fraction of sp³-hybridized carbons (Fsp3) is 0.286. The number of aromatic nitrogens is 2. The van der Waals surface area contributed by atoms with Crippen LogP contribution in [-0.4, -0.2) is 27.3 Å². The number of aliphatic carboxylic acids is 1. The Bertz CT molecular complexity index is 643. The van der Waals surface area contributed by atoms with Gasteiger partial charge in [0.05, 0.1) is 16.2 Å². The second-order valence-corrected chi connectivity index (χ2v) is 5.56. The van der Waals surface area contributed by atoms with Crippen LogP contribution in [0.4, 0.5) is 0 Å². The average Bonchev–Trinajstić information content (AvgIpc) is 2.84. The monoisotopic (exact) mass is 327 g/mol. The molecule has 2 aromatic rings. The Morgan fingerprint density at radius 1 is 1.43 bits per heavy atom. The fourth-order valence-electron chi connectivity index (χ4n) is 1.94. The van der Waals surface area contributed by atoms with Gasteiger partial charge in [-0.05, 0) is 31.0 Å². The summed E-state index contributed by atoms with van der Waals surface area (Å²) in [5.74, 6) is -0.915. The van der Waals surface area contributed by atoms with Crippen molar-refractivity contribution in [2.75, 3.05) is 0 Å². The van der Waals surface area contributed by atoms with Crippen LogP contribution in [0.5, 0.6) is 0 Å². The Kier molecular flexibility index (Phi) is 5.22. The highest BCUT2D eigenvalue weighted by molar-refractivity contribution is 6.42. The normalized spacial score (nSPS) is 12.3.